The maximum absolute atomic E-state index is 11.4. The van der Waals surface area contributed by atoms with Crippen molar-refractivity contribution in [2.75, 3.05) is 6.61 Å². The topological polar surface area (TPSA) is 64.3 Å². The number of nitrogen functional groups attached to an aromatic ring is 1. The Bertz CT molecular complexity index is 531. The average molecular weight is 353 g/mol. The Balaban J connectivity index is 1.88. The molecule has 21 heavy (non-hydrogen) atoms. The van der Waals surface area contributed by atoms with Crippen molar-refractivity contribution in [1.29, 1.82) is 0 Å². The second kappa shape index (κ2) is 7.73. The van der Waals surface area contributed by atoms with Gasteiger partial charge in [0.2, 0.25) is 0 Å². The summed E-state index contributed by atoms with van der Waals surface area (Å²) < 4.78 is 6.71. The molecule has 3 N–H and O–H groups in total. The molecule has 5 heteroatoms. The second-order valence-corrected chi connectivity index (χ2v) is 6.33. The van der Waals surface area contributed by atoms with E-state index in [9.17, 15) is 4.79 Å². The molecule has 2 atom stereocenters. The Morgan fingerprint density at radius 3 is 2.86 bits per heavy atom. The Hall–Kier alpha value is -1.17. The van der Waals surface area contributed by atoms with Crippen molar-refractivity contribution in [2.45, 2.75) is 26.4 Å². The van der Waals surface area contributed by atoms with Crippen molar-refractivity contribution >= 4 is 21.8 Å². The minimum atomic E-state index is -0.300. The first-order chi connectivity index (χ1) is 10.1. The number of ether oxygens (including phenoxy) is 1. The lowest BCUT2D eigenvalue weighted by Crippen LogP contribution is -2.29. The van der Waals surface area contributed by atoms with Crippen LogP contribution in [-0.4, -0.2) is 12.5 Å². The predicted octanol–water partition coefficient (Wildman–Crippen LogP) is 3.17. The lowest BCUT2D eigenvalue weighted by molar-refractivity contribution is 0.0677. The number of halogens is 1. The van der Waals surface area contributed by atoms with E-state index in [0.29, 0.717) is 24.0 Å². The van der Waals surface area contributed by atoms with Crippen molar-refractivity contribution in [3.05, 3.63) is 46.0 Å². The lowest BCUT2D eigenvalue weighted by atomic mass is 9.85. The minimum Gasteiger partial charge on any atom is -0.376 e. The fraction of sp³-hybridized carbons (Fsp3) is 0.438. The molecule has 2 unspecified atom stereocenters. The molecule has 0 saturated heterocycles. The van der Waals surface area contributed by atoms with Crippen LogP contribution in [0.15, 0.2) is 34.8 Å². The molecule has 0 aliphatic heterocycles. The molecule has 0 aromatic heterocycles. The third-order valence-corrected chi connectivity index (χ3v) is 4.69. The third kappa shape index (κ3) is 4.40. The van der Waals surface area contributed by atoms with Gasteiger partial charge < -0.3 is 4.74 Å². The van der Waals surface area contributed by atoms with Gasteiger partial charge in [-0.25, -0.2) is 5.84 Å². The number of carbonyl (C=O) groups excluding carboxylic acids is 1. The van der Waals surface area contributed by atoms with Gasteiger partial charge in [0.25, 0.3) is 5.91 Å². The van der Waals surface area contributed by atoms with Crippen LogP contribution in [0.25, 0.3) is 0 Å². The van der Waals surface area contributed by atoms with Gasteiger partial charge in [-0.05, 0) is 42.4 Å². The number of nitrogens with two attached hydrogens (primary N) is 1. The molecular weight excluding hydrogens is 332 g/mol. The number of rotatable bonds is 5. The lowest BCUT2D eigenvalue weighted by Gasteiger charge is -2.25. The highest BCUT2D eigenvalue weighted by Crippen LogP contribution is 2.26. The average Bonchev–Trinajstić information content (AvgIpc) is 2.50. The van der Waals surface area contributed by atoms with Crippen LogP contribution >= 0.6 is 15.9 Å². The van der Waals surface area contributed by atoms with Crippen molar-refractivity contribution in [3.63, 3.8) is 0 Å². The van der Waals surface area contributed by atoms with E-state index >= 15 is 0 Å². The molecule has 1 aliphatic rings. The van der Waals surface area contributed by atoms with Gasteiger partial charge in [-0.2, -0.15) is 0 Å². The molecule has 0 saturated carbocycles. The summed E-state index contributed by atoms with van der Waals surface area (Å²) in [6, 6.07) is 5.39. The van der Waals surface area contributed by atoms with E-state index in [-0.39, 0.29) is 5.91 Å². The third-order valence-electron chi connectivity index (χ3n) is 3.95. The summed E-state index contributed by atoms with van der Waals surface area (Å²) in [5.74, 6) is 6.09. The van der Waals surface area contributed by atoms with E-state index < -0.39 is 0 Å². The van der Waals surface area contributed by atoms with Crippen LogP contribution in [0.1, 0.15) is 35.7 Å². The summed E-state index contributed by atoms with van der Waals surface area (Å²) in [6.07, 6.45) is 6.72. The van der Waals surface area contributed by atoms with E-state index in [4.69, 9.17) is 10.6 Å². The number of nitrogens with one attached hydrogen (secondary N) is 1. The van der Waals surface area contributed by atoms with Crippen LogP contribution in [-0.2, 0) is 11.3 Å². The zero-order valence-corrected chi connectivity index (χ0v) is 13.7. The van der Waals surface area contributed by atoms with Crippen LogP contribution in [0.2, 0.25) is 0 Å². The zero-order valence-electron chi connectivity index (χ0n) is 12.1. The van der Waals surface area contributed by atoms with E-state index in [1.165, 1.54) is 0 Å². The Morgan fingerprint density at radius 2 is 2.19 bits per heavy atom. The first-order valence-corrected chi connectivity index (χ1v) is 7.93. The number of hydrogen-bond acceptors (Lipinski definition) is 3. The quantitative estimate of drug-likeness (QED) is 0.370. The molecule has 0 heterocycles. The highest BCUT2D eigenvalue weighted by molar-refractivity contribution is 9.10. The van der Waals surface area contributed by atoms with Gasteiger partial charge in [0.15, 0.2) is 0 Å². The molecule has 1 aromatic carbocycles. The van der Waals surface area contributed by atoms with Crippen molar-refractivity contribution in [1.82, 2.24) is 5.43 Å². The number of carbonyl (C=O) groups is 1. The van der Waals surface area contributed by atoms with Crippen LogP contribution in [0.5, 0.6) is 0 Å². The molecule has 0 radical (unpaired) electrons. The number of hydrazine groups is 1. The van der Waals surface area contributed by atoms with Crippen molar-refractivity contribution in [2.24, 2.45) is 17.7 Å². The normalized spacial score (nSPS) is 21.3. The molecule has 0 fully saturated rings. The molecule has 1 amide bonds. The number of hydrogen-bond donors (Lipinski definition) is 2. The van der Waals surface area contributed by atoms with Gasteiger partial charge in [-0.1, -0.05) is 41.1 Å². The maximum atomic E-state index is 11.4. The summed E-state index contributed by atoms with van der Waals surface area (Å²) in [4.78, 5) is 11.4. The summed E-state index contributed by atoms with van der Waals surface area (Å²) >= 11 is 3.47. The standard InChI is InChI=1S/C16H21BrN2O2/c1-11-4-2-3-5-13(11)9-21-10-14-7-6-12(8-15(14)17)16(20)19-18/h2-3,6-8,11,13H,4-5,9-10,18H2,1H3,(H,19,20). The molecular formula is C16H21BrN2O2. The highest BCUT2D eigenvalue weighted by Gasteiger charge is 2.18. The van der Waals surface area contributed by atoms with Gasteiger partial charge in [-0.3, -0.25) is 10.2 Å². The maximum Gasteiger partial charge on any atom is 0.265 e. The summed E-state index contributed by atoms with van der Waals surface area (Å²) in [5.41, 5.74) is 3.68. The van der Waals surface area contributed by atoms with Gasteiger partial charge in [0.1, 0.15) is 0 Å². The number of allylic oxidation sites excluding steroid dienone is 2. The van der Waals surface area contributed by atoms with E-state index in [1.807, 2.05) is 6.07 Å². The summed E-state index contributed by atoms with van der Waals surface area (Å²) in [7, 11) is 0. The first kappa shape index (κ1) is 16.2. The smallest absolute Gasteiger partial charge is 0.265 e. The molecule has 4 nitrogen and oxygen atoms in total. The molecule has 0 spiro atoms. The van der Waals surface area contributed by atoms with Crippen molar-refractivity contribution < 1.29 is 9.53 Å². The SMILES string of the molecule is CC1CC=CCC1COCc1ccc(C(=O)NN)cc1Br. The van der Waals surface area contributed by atoms with E-state index in [1.54, 1.807) is 12.1 Å². The molecule has 1 aromatic rings. The zero-order chi connectivity index (χ0) is 15.2. The Kier molecular flexibility index (Phi) is 5.96. The molecule has 2 rings (SSSR count). The molecule has 114 valence electrons. The largest absolute Gasteiger partial charge is 0.376 e. The molecule has 1 aliphatic carbocycles. The predicted molar refractivity (Wildman–Crippen MR) is 86.5 cm³/mol. The summed E-state index contributed by atoms with van der Waals surface area (Å²) in [6.45, 7) is 3.58. The van der Waals surface area contributed by atoms with E-state index in [2.05, 4.69) is 40.4 Å². The Morgan fingerprint density at radius 1 is 1.43 bits per heavy atom. The number of benzene rings is 1. The van der Waals surface area contributed by atoms with Crippen molar-refractivity contribution in [3.8, 4) is 0 Å². The van der Waals surface area contributed by atoms with Gasteiger partial charge in [0, 0.05) is 10.0 Å². The first-order valence-electron chi connectivity index (χ1n) is 7.14. The fourth-order valence-corrected chi connectivity index (χ4v) is 2.94. The number of amides is 1. The van der Waals surface area contributed by atoms with Gasteiger partial charge in [0.05, 0.1) is 13.2 Å². The highest BCUT2D eigenvalue weighted by atomic mass is 79.9. The Labute approximate surface area is 133 Å². The fourth-order valence-electron chi connectivity index (χ4n) is 2.45. The second-order valence-electron chi connectivity index (χ2n) is 5.47. The van der Waals surface area contributed by atoms with Gasteiger partial charge in [-0.15, -0.1) is 0 Å². The summed E-state index contributed by atoms with van der Waals surface area (Å²) in [5, 5.41) is 0. The van der Waals surface area contributed by atoms with Crippen LogP contribution in [0, 0.1) is 11.8 Å². The van der Waals surface area contributed by atoms with Crippen LogP contribution < -0.4 is 11.3 Å². The monoisotopic (exact) mass is 352 g/mol. The van der Waals surface area contributed by atoms with E-state index in [0.717, 1.165) is 29.5 Å². The van der Waals surface area contributed by atoms with Gasteiger partial charge >= 0.3 is 0 Å². The van der Waals surface area contributed by atoms with Crippen LogP contribution in [0.3, 0.4) is 0 Å². The molecule has 0 bridgehead atoms. The minimum absolute atomic E-state index is 0.300. The van der Waals surface area contributed by atoms with Crippen LogP contribution in [0.4, 0.5) is 0 Å².